The van der Waals surface area contributed by atoms with E-state index < -0.39 is 0 Å². The van der Waals surface area contributed by atoms with Crippen LogP contribution >= 0.6 is 22.6 Å². The Morgan fingerprint density at radius 3 is 2.83 bits per heavy atom. The number of rotatable bonds is 4. The molecule has 94 valence electrons. The quantitative estimate of drug-likeness (QED) is 0.857. The molecule has 2 rings (SSSR count). The Morgan fingerprint density at radius 2 is 2.06 bits per heavy atom. The molecule has 0 aliphatic heterocycles. The van der Waals surface area contributed by atoms with Gasteiger partial charge in [-0.25, -0.2) is 0 Å². The van der Waals surface area contributed by atoms with Gasteiger partial charge in [-0.1, -0.05) is 12.1 Å². The Labute approximate surface area is 120 Å². The zero-order chi connectivity index (χ0) is 13.0. The first-order chi connectivity index (χ1) is 8.68. The Hall–Kier alpha value is -1.30. The maximum Gasteiger partial charge on any atom is 0.250 e. The number of hydrogen-bond donors (Lipinski definition) is 1. The van der Waals surface area contributed by atoms with Crippen LogP contribution in [0.3, 0.4) is 0 Å². The van der Waals surface area contributed by atoms with E-state index in [0.29, 0.717) is 6.54 Å². The van der Waals surface area contributed by atoms with Gasteiger partial charge < -0.3 is 9.88 Å². The van der Waals surface area contributed by atoms with Crippen molar-refractivity contribution in [1.82, 2.24) is 4.57 Å². The molecule has 0 saturated carbocycles. The third-order valence-electron chi connectivity index (χ3n) is 2.83. The van der Waals surface area contributed by atoms with E-state index >= 15 is 0 Å². The molecule has 0 unspecified atom stereocenters. The van der Waals surface area contributed by atoms with Crippen LogP contribution in [0.1, 0.15) is 5.56 Å². The van der Waals surface area contributed by atoms with Gasteiger partial charge in [0.25, 0.3) is 5.56 Å². The predicted octanol–water partition coefficient (Wildman–Crippen LogP) is 2.87. The molecule has 0 radical (unpaired) electrons. The van der Waals surface area contributed by atoms with Crippen molar-refractivity contribution in [3.8, 4) is 0 Å². The lowest BCUT2D eigenvalue weighted by atomic mass is 10.2. The van der Waals surface area contributed by atoms with Gasteiger partial charge in [0, 0.05) is 34.6 Å². The van der Waals surface area contributed by atoms with Gasteiger partial charge in [0.1, 0.15) is 0 Å². The Morgan fingerprint density at radius 1 is 1.22 bits per heavy atom. The fourth-order valence-electron chi connectivity index (χ4n) is 1.76. The zero-order valence-electron chi connectivity index (χ0n) is 10.2. The fourth-order valence-corrected chi connectivity index (χ4v) is 2.25. The Bertz CT molecular complexity index is 592. The van der Waals surface area contributed by atoms with E-state index in [1.54, 1.807) is 16.7 Å². The largest absolute Gasteiger partial charge is 0.383 e. The van der Waals surface area contributed by atoms with Crippen LogP contribution in [0, 0.1) is 10.5 Å². The van der Waals surface area contributed by atoms with E-state index in [1.807, 2.05) is 18.3 Å². The van der Waals surface area contributed by atoms with Gasteiger partial charge in [0.15, 0.2) is 0 Å². The van der Waals surface area contributed by atoms with Crippen molar-refractivity contribution in [3.63, 3.8) is 0 Å². The molecule has 0 aliphatic carbocycles. The van der Waals surface area contributed by atoms with Gasteiger partial charge in [-0.2, -0.15) is 0 Å². The first-order valence-electron chi connectivity index (χ1n) is 5.83. The topological polar surface area (TPSA) is 34.0 Å². The molecular weight excluding hydrogens is 339 g/mol. The lowest BCUT2D eigenvalue weighted by Gasteiger charge is -2.11. The molecular formula is C14H15IN2O. The summed E-state index contributed by atoms with van der Waals surface area (Å²) < 4.78 is 2.95. The number of aromatic nitrogens is 1. The van der Waals surface area contributed by atoms with Gasteiger partial charge in [-0.3, -0.25) is 4.79 Å². The van der Waals surface area contributed by atoms with Crippen LogP contribution in [0.4, 0.5) is 5.69 Å². The summed E-state index contributed by atoms with van der Waals surface area (Å²) in [6, 6.07) is 11.4. The van der Waals surface area contributed by atoms with Crippen molar-refractivity contribution >= 4 is 28.3 Å². The Balaban J connectivity index is 1.99. The highest BCUT2D eigenvalue weighted by atomic mass is 127. The molecule has 0 spiro atoms. The number of hydrogen-bond acceptors (Lipinski definition) is 2. The summed E-state index contributed by atoms with van der Waals surface area (Å²) >= 11 is 2.32. The first-order valence-corrected chi connectivity index (χ1v) is 6.91. The summed E-state index contributed by atoms with van der Waals surface area (Å²) in [5, 5.41) is 3.36. The van der Waals surface area contributed by atoms with Crippen LogP contribution in [0.25, 0.3) is 0 Å². The lowest BCUT2D eigenvalue weighted by Crippen LogP contribution is -2.22. The molecule has 0 amide bonds. The Kier molecular flexibility index (Phi) is 4.41. The summed E-state index contributed by atoms with van der Waals surface area (Å²) in [4.78, 5) is 11.5. The molecule has 1 heterocycles. The van der Waals surface area contributed by atoms with E-state index in [2.05, 4.69) is 47.0 Å². The number of nitrogens with zero attached hydrogens (tertiary/aromatic N) is 1. The molecule has 1 aromatic heterocycles. The lowest BCUT2D eigenvalue weighted by molar-refractivity contribution is 0.697. The highest BCUT2D eigenvalue weighted by Crippen LogP contribution is 2.19. The highest BCUT2D eigenvalue weighted by Gasteiger charge is 2.00. The van der Waals surface area contributed by atoms with E-state index in [1.165, 1.54) is 9.13 Å². The van der Waals surface area contributed by atoms with Crippen LogP contribution in [0.5, 0.6) is 0 Å². The average molecular weight is 354 g/mol. The molecule has 0 bridgehead atoms. The van der Waals surface area contributed by atoms with Crippen molar-refractivity contribution in [2.75, 3.05) is 11.9 Å². The number of benzene rings is 1. The second-order valence-electron chi connectivity index (χ2n) is 4.07. The highest BCUT2D eigenvalue weighted by molar-refractivity contribution is 14.1. The van der Waals surface area contributed by atoms with E-state index in [4.69, 9.17) is 0 Å². The molecule has 18 heavy (non-hydrogen) atoms. The smallest absolute Gasteiger partial charge is 0.250 e. The molecule has 2 aromatic rings. The molecule has 0 atom stereocenters. The number of nitrogens with one attached hydrogen (secondary N) is 1. The van der Waals surface area contributed by atoms with Crippen LogP contribution in [-0.2, 0) is 6.54 Å². The molecule has 0 fully saturated rings. The number of anilines is 1. The van der Waals surface area contributed by atoms with Crippen molar-refractivity contribution in [3.05, 3.63) is 62.1 Å². The normalized spacial score (nSPS) is 10.3. The van der Waals surface area contributed by atoms with Crippen LogP contribution in [0.2, 0.25) is 0 Å². The van der Waals surface area contributed by atoms with E-state index in [-0.39, 0.29) is 5.56 Å². The monoisotopic (exact) mass is 354 g/mol. The molecule has 0 aliphatic rings. The fraction of sp³-hybridized carbons (Fsp3) is 0.214. The zero-order valence-corrected chi connectivity index (χ0v) is 12.3. The van der Waals surface area contributed by atoms with Gasteiger partial charge in [0.2, 0.25) is 0 Å². The molecule has 1 aromatic carbocycles. The van der Waals surface area contributed by atoms with Crippen LogP contribution in [-0.4, -0.2) is 11.1 Å². The summed E-state index contributed by atoms with van der Waals surface area (Å²) in [7, 11) is 0. The molecule has 3 nitrogen and oxygen atoms in total. The standard InChI is InChI=1S/C14H15IN2O/c1-11-12(15)5-4-6-13(11)16-8-10-17-9-3-2-7-14(17)18/h2-7,9,16H,8,10H2,1H3. The first kappa shape index (κ1) is 13.1. The SMILES string of the molecule is Cc1c(I)cccc1NCCn1ccccc1=O. The second-order valence-corrected chi connectivity index (χ2v) is 5.23. The summed E-state index contributed by atoms with van der Waals surface area (Å²) in [5.74, 6) is 0. The minimum absolute atomic E-state index is 0.0404. The van der Waals surface area contributed by atoms with E-state index in [0.717, 1.165) is 12.2 Å². The molecule has 1 N–H and O–H groups in total. The van der Waals surface area contributed by atoms with Crippen molar-refractivity contribution < 1.29 is 0 Å². The maximum absolute atomic E-state index is 11.5. The van der Waals surface area contributed by atoms with Gasteiger partial charge in [-0.05, 0) is 53.3 Å². The van der Waals surface area contributed by atoms with Gasteiger partial charge in [-0.15, -0.1) is 0 Å². The van der Waals surface area contributed by atoms with Crippen LogP contribution < -0.4 is 10.9 Å². The number of pyridine rings is 1. The summed E-state index contributed by atoms with van der Waals surface area (Å²) in [6.45, 7) is 3.51. The third-order valence-corrected chi connectivity index (χ3v) is 4.00. The second kappa shape index (κ2) is 6.04. The predicted molar refractivity (Wildman–Crippen MR) is 83.1 cm³/mol. The maximum atomic E-state index is 11.5. The summed E-state index contributed by atoms with van der Waals surface area (Å²) in [5.41, 5.74) is 2.42. The minimum Gasteiger partial charge on any atom is -0.383 e. The van der Waals surface area contributed by atoms with Crippen molar-refractivity contribution in [2.24, 2.45) is 0 Å². The van der Waals surface area contributed by atoms with Gasteiger partial charge in [0.05, 0.1) is 0 Å². The average Bonchev–Trinajstić information content (AvgIpc) is 2.37. The molecule has 4 heteroatoms. The minimum atomic E-state index is 0.0404. The van der Waals surface area contributed by atoms with E-state index in [9.17, 15) is 4.79 Å². The summed E-state index contributed by atoms with van der Waals surface area (Å²) in [6.07, 6.45) is 1.81. The molecule has 0 saturated heterocycles. The van der Waals surface area contributed by atoms with Crippen LogP contribution in [0.15, 0.2) is 47.4 Å². The third kappa shape index (κ3) is 3.13. The van der Waals surface area contributed by atoms with Crippen molar-refractivity contribution in [1.29, 1.82) is 0 Å². The van der Waals surface area contributed by atoms with Gasteiger partial charge >= 0.3 is 0 Å². The number of halogens is 1. The van der Waals surface area contributed by atoms with Crippen molar-refractivity contribution in [2.45, 2.75) is 13.5 Å².